The minimum absolute atomic E-state index is 0.189. The van der Waals surface area contributed by atoms with Gasteiger partial charge in [0.2, 0.25) is 5.91 Å². The Labute approximate surface area is 117 Å². The normalized spacial score (nSPS) is 46.9. The largest absolute Gasteiger partial charge is 0.390 e. The zero-order valence-corrected chi connectivity index (χ0v) is 12.1. The fourth-order valence-electron chi connectivity index (χ4n) is 3.25. The first-order chi connectivity index (χ1) is 9.25. The number of hydrogen-bond donors (Lipinski definition) is 2. The molecule has 7 nitrogen and oxygen atoms in total. The van der Waals surface area contributed by atoms with Crippen LogP contribution in [-0.2, 0) is 23.7 Å². The average Bonchev–Trinajstić information content (AvgIpc) is 2.85. The first-order valence-electron chi connectivity index (χ1n) is 6.85. The number of rotatable bonds is 2. The molecule has 3 rings (SSSR count). The summed E-state index contributed by atoms with van der Waals surface area (Å²) in [5.41, 5.74) is -0.946. The van der Waals surface area contributed by atoms with Crippen molar-refractivity contribution in [1.82, 2.24) is 5.32 Å². The SMILES string of the molecule is CC(=O)N[C@H]1[C@H]2OC[C@@](C(C)O)(O2)[C@@H]2OC(C)(C)O[C@H]12. The highest BCUT2D eigenvalue weighted by molar-refractivity contribution is 5.73. The summed E-state index contributed by atoms with van der Waals surface area (Å²) >= 11 is 0. The fraction of sp³-hybridized carbons (Fsp3) is 0.923. The highest BCUT2D eigenvalue weighted by atomic mass is 16.8. The van der Waals surface area contributed by atoms with Crippen LogP contribution in [0.2, 0.25) is 0 Å². The number of carbonyl (C=O) groups is 1. The number of aliphatic hydroxyl groups excluding tert-OH is 1. The van der Waals surface area contributed by atoms with Gasteiger partial charge in [0.25, 0.3) is 0 Å². The highest BCUT2D eigenvalue weighted by Crippen LogP contribution is 2.47. The van der Waals surface area contributed by atoms with E-state index in [4.69, 9.17) is 18.9 Å². The highest BCUT2D eigenvalue weighted by Gasteiger charge is 2.67. The lowest BCUT2D eigenvalue weighted by Gasteiger charge is -2.43. The second kappa shape index (κ2) is 4.38. The van der Waals surface area contributed by atoms with Crippen LogP contribution in [0.25, 0.3) is 0 Å². The van der Waals surface area contributed by atoms with Crippen LogP contribution >= 0.6 is 0 Å². The molecule has 3 heterocycles. The van der Waals surface area contributed by atoms with Gasteiger partial charge in [-0.05, 0) is 20.8 Å². The van der Waals surface area contributed by atoms with Gasteiger partial charge in [0.05, 0.1) is 12.7 Å². The van der Waals surface area contributed by atoms with Crippen LogP contribution in [0.15, 0.2) is 0 Å². The minimum Gasteiger partial charge on any atom is -0.390 e. The van der Waals surface area contributed by atoms with Crippen molar-refractivity contribution in [3.63, 3.8) is 0 Å². The molecule has 3 saturated heterocycles. The van der Waals surface area contributed by atoms with Crippen molar-refractivity contribution < 1.29 is 28.8 Å². The maximum Gasteiger partial charge on any atom is 0.217 e. The lowest BCUT2D eigenvalue weighted by atomic mass is 9.84. The monoisotopic (exact) mass is 287 g/mol. The Hall–Kier alpha value is -0.730. The number of aliphatic hydroxyl groups is 1. The van der Waals surface area contributed by atoms with Gasteiger partial charge >= 0.3 is 0 Å². The zero-order valence-electron chi connectivity index (χ0n) is 12.1. The summed E-state index contributed by atoms with van der Waals surface area (Å²) in [7, 11) is 0. The average molecular weight is 287 g/mol. The van der Waals surface area contributed by atoms with Gasteiger partial charge in [0.1, 0.15) is 23.9 Å². The van der Waals surface area contributed by atoms with Gasteiger partial charge in [0.15, 0.2) is 12.1 Å². The van der Waals surface area contributed by atoms with Crippen LogP contribution in [0.4, 0.5) is 0 Å². The fourth-order valence-corrected chi connectivity index (χ4v) is 3.25. The van der Waals surface area contributed by atoms with E-state index in [1.807, 2.05) is 0 Å². The van der Waals surface area contributed by atoms with Crippen LogP contribution < -0.4 is 5.32 Å². The molecule has 0 saturated carbocycles. The lowest BCUT2D eigenvalue weighted by molar-refractivity contribution is -0.225. The molecule has 0 aromatic heterocycles. The van der Waals surface area contributed by atoms with Gasteiger partial charge in [0, 0.05) is 6.92 Å². The van der Waals surface area contributed by atoms with E-state index in [1.165, 1.54) is 6.92 Å². The molecule has 3 fully saturated rings. The molecule has 2 N–H and O–H groups in total. The molecule has 0 aromatic rings. The molecular weight excluding hydrogens is 266 g/mol. The summed E-state index contributed by atoms with van der Waals surface area (Å²) in [6.07, 6.45) is -2.30. The van der Waals surface area contributed by atoms with Crippen LogP contribution in [0.3, 0.4) is 0 Å². The van der Waals surface area contributed by atoms with Crippen molar-refractivity contribution in [2.45, 2.75) is 69.7 Å². The molecule has 6 atom stereocenters. The smallest absolute Gasteiger partial charge is 0.217 e. The molecule has 0 radical (unpaired) electrons. The number of hydrogen-bond acceptors (Lipinski definition) is 6. The molecule has 3 aliphatic heterocycles. The first kappa shape index (κ1) is 14.2. The van der Waals surface area contributed by atoms with E-state index < -0.39 is 42.0 Å². The number of amides is 1. The van der Waals surface area contributed by atoms with Gasteiger partial charge in [-0.2, -0.15) is 0 Å². The standard InChI is InChI=1S/C13H21NO6/c1-6(15)13-5-17-11(20-13)8(14-7(2)16)9-10(13)19-12(3,4)18-9/h6,8-11,15H,5H2,1-4H3,(H,14,16)/t6?,8-,9-,10-,11+,13+/m1/s1. The van der Waals surface area contributed by atoms with Gasteiger partial charge in [-0.1, -0.05) is 0 Å². The molecule has 2 bridgehead atoms. The van der Waals surface area contributed by atoms with E-state index in [0.29, 0.717) is 0 Å². The molecule has 20 heavy (non-hydrogen) atoms. The summed E-state index contributed by atoms with van der Waals surface area (Å²) in [5.74, 6) is -0.979. The third-order valence-electron chi connectivity index (χ3n) is 4.14. The summed E-state index contributed by atoms with van der Waals surface area (Å²) in [5, 5.41) is 12.9. The summed E-state index contributed by atoms with van der Waals surface area (Å²) in [6.45, 7) is 6.91. The second-order valence-electron chi connectivity index (χ2n) is 6.18. The number of ether oxygens (including phenoxy) is 4. The Bertz CT molecular complexity index is 425. The van der Waals surface area contributed by atoms with E-state index in [2.05, 4.69) is 5.32 Å². The Morgan fingerprint density at radius 3 is 2.65 bits per heavy atom. The Balaban J connectivity index is 1.95. The van der Waals surface area contributed by atoms with Crippen molar-refractivity contribution in [1.29, 1.82) is 0 Å². The van der Waals surface area contributed by atoms with E-state index in [1.54, 1.807) is 20.8 Å². The summed E-state index contributed by atoms with van der Waals surface area (Å²) in [4.78, 5) is 11.4. The lowest BCUT2D eigenvalue weighted by Crippen LogP contribution is -2.67. The van der Waals surface area contributed by atoms with E-state index in [9.17, 15) is 9.90 Å². The maximum atomic E-state index is 11.4. The Morgan fingerprint density at radius 2 is 2.05 bits per heavy atom. The topological polar surface area (TPSA) is 86.3 Å². The van der Waals surface area contributed by atoms with Crippen molar-refractivity contribution >= 4 is 5.91 Å². The number of fused-ring (bicyclic) bond motifs is 4. The van der Waals surface area contributed by atoms with Crippen molar-refractivity contribution in [3.8, 4) is 0 Å². The molecule has 3 aliphatic rings. The van der Waals surface area contributed by atoms with E-state index in [-0.39, 0.29) is 12.5 Å². The number of carbonyl (C=O) groups excluding carboxylic acids is 1. The second-order valence-corrected chi connectivity index (χ2v) is 6.18. The van der Waals surface area contributed by atoms with Crippen LogP contribution in [0.1, 0.15) is 27.7 Å². The minimum atomic E-state index is -0.946. The molecule has 0 aromatic carbocycles. The van der Waals surface area contributed by atoms with Gasteiger partial charge in [-0.3, -0.25) is 4.79 Å². The first-order valence-corrected chi connectivity index (χ1v) is 6.85. The van der Waals surface area contributed by atoms with Crippen molar-refractivity contribution in [2.75, 3.05) is 6.61 Å². The molecule has 114 valence electrons. The molecule has 7 heteroatoms. The zero-order chi connectivity index (χ0) is 14.7. The molecule has 1 unspecified atom stereocenters. The molecular formula is C13H21NO6. The van der Waals surface area contributed by atoms with E-state index >= 15 is 0 Å². The van der Waals surface area contributed by atoms with Gasteiger partial charge in [-0.25, -0.2) is 0 Å². The van der Waals surface area contributed by atoms with E-state index in [0.717, 1.165) is 0 Å². The predicted octanol–water partition coefficient (Wildman–Crippen LogP) is -0.483. The predicted molar refractivity (Wildman–Crippen MR) is 66.7 cm³/mol. The third kappa shape index (κ3) is 1.96. The van der Waals surface area contributed by atoms with Crippen LogP contribution in [0, 0.1) is 0 Å². The molecule has 0 spiro atoms. The van der Waals surface area contributed by atoms with Crippen LogP contribution in [0.5, 0.6) is 0 Å². The maximum absolute atomic E-state index is 11.4. The van der Waals surface area contributed by atoms with Gasteiger partial charge < -0.3 is 29.4 Å². The third-order valence-corrected chi connectivity index (χ3v) is 4.14. The Kier molecular flexibility index (Phi) is 3.11. The molecule has 0 aliphatic carbocycles. The Morgan fingerprint density at radius 1 is 1.35 bits per heavy atom. The summed E-state index contributed by atoms with van der Waals surface area (Å²) < 4.78 is 23.3. The van der Waals surface area contributed by atoms with Gasteiger partial charge in [-0.15, -0.1) is 0 Å². The summed E-state index contributed by atoms with van der Waals surface area (Å²) in [6, 6.07) is -0.450. The van der Waals surface area contributed by atoms with Crippen molar-refractivity contribution in [3.05, 3.63) is 0 Å². The number of nitrogens with one attached hydrogen (secondary N) is 1. The molecule has 1 amide bonds. The quantitative estimate of drug-likeness (QED) is 0.713. The van der Waals surface area contributed by atoms with Crippen molar-refractivity contribution in [2.24, 2.45) is 0 Å². The van der Waals surface area contributed by atoms with Crippen LogP contribution in [-0.4, -0.2) is 59.7 Å².